The average Bonchev–Trinajstić information content (AvgIpc) is 2.51. The van der Waals surface area contributed by atoms with Crippen molar-refractivity contribution in [2.45, 2.75) is 18.6 Å². The first-order valence-electron chi connectivity index (χ1n) is 3.92. The molecule has 1 aromatic rings. The first kappa shape index (κ1) is 10.4. The molecule has 0 saturated heterocycles. The van der Waals surface area contributed by atoms with E-state index in [1.54, 1.807) is 0 Å². The van der Waals surface area contributed by atoms with Gasteiger partial charge in [-0.2, -0.15) is 0 Å². The lowest BCUT2D eigenvalue weighted by Crippen LogP contribution is -2.21. The lowest BCUT2D eigenvalue weighted by atomic mass is 10.1. The molecule has 2 unspecified atom stereocenters. The number of thiazole rings is 1. The van der Waals surface area contributed by atoms with Crippen molar-refractivity contribution < 1.29 is 10.2 Å². The maximum atomic E-state index is 9.54. The van der Waals surface area contributed by atoms with E-state index in [1.165, 1.54) is 17.5 Å². The molecule has 0 radical (unpaired) electrons. The van der Waals surface area contributed by atoms with Crippen LogP contribution in [0.5, 0.6) is 0 Å². The Kier molecular flexibility index (Phi) is 3.61. The molecule has 0 bridgehead atoms. The summed E-state index contributed by atoms with van der Waals surface area (Å²) >= 11 is 1.17. The fraction of sp³-hybridized carbons (Fsp3) is 0.571. The number of aliphatic hydroxyl groups is 2. The molecular formula is C7H13N3O2S. The minimum atomic E-state index is -0.932. The van der Waals surface area contributed by atoms with Gasteiger partial charge in [-0.15, -0.1) is 0 Å². The Bertz CT molecular complexity index is 266. The molecule has 0 fully saturated rings. The Morgan fingerprint density at radius 3 is 2.69 bits per heavy atom. The highest BCUT2D eigenvalue weighted by Gasteiger charge is 2.19. The zero-order valence-electron chi connectivity index (χ0n) is 7.05. The van der Waals surface area contributed by atoms with Gasteiger partial charge in [-0.05, 0) is 13.0 Å². The van der Waals surface area contributed by atoms with Crippen molar-refractivity contribution in [1.29, 1.82) is 0 Å². The smallest absolute Gasteiger partial charge is 0.180 e. The van der Waals surface area contributed by atoms with Crippen LogP contribution in [-0.2, 0) is 0 Å². The van der Waals surface area contributed by atoms with E-state index in [4.69, 9.17) is 11.5 Å². The molecule has 1 aromatic heterocycles. The molecule has 5 nitrogen and oxygen atoms in total. The van der Waals surface area contributed by atoms with Crippen LogP contribution in [0.1, 0.15) is 17.4 Å². The topological polar surface area (TPSA) is 105 Å². The first-order chi connectivity index (χ1) is 6.15. The van der Waals surface area contributed by atoms with E-state index in [-0.39, 0.29) is 0 Å². The Hall–Kier alpha value is -0.690. The maximum absolute atomic E-state index is 9.54. The van der Waals surface area contributed by atoms with Crippen molar-refractivity contribution in [1.82, 2.24) is 4.98 Å². The zero-order chi connectivity index (χ0) is 9.84. The second-order valence-electron chi connectivity index (χ2n) is 2.69. The van der Waals surface area contributed by atoms with Gasteiger partial charge in [0, 0.05) is 6.20 Å². The third-order valence-corrected chi connectivity index (χ3v) is 2.56. The summed E-state index contributed by atoms with van der Waals surface area (Å²) in [4.78, 5) is 4.34. The second kappa shape index (κ2) is 4.52. The van der Waals surface area contributed by atoms with Crippen molar-refractivity contribution in [3.63, 3.8) is 0 Å². The van der Waals surface area contributed by atoms with Gasteiger partial charge in [-0.25, -0.2) is 4.98 Å². The highest BCUT2D eigenvalue weighted by atomic mass is 32.1. The average molecular weight is 203 g/mol. The predicted octanol–water partition coefficient (Wildman–Crippen LogP) is -0.532. The van der Waals surface area contributed by atoms with Gasteiger partial charge in [0.25, 0.3) is 0 Å². The van der Waals surface area contributed by atoms with Gasteiger partial charge in [-0.3, -0.25) is 0 Å². The molecule has 6 heteroatoms. The zero-order valence-corrected chi connectivity index (χ0v) is 7.87. The summed E-state index contributed by atoms with van der Waals surface area (Å²) < 4.78 is 0. The van der Waals surface area contributed by atoms with Crippen molar-refractivity contribution in [2.24, 2.45) is 5.73 Å². The van der Waals surface area contributed by atoms with E-state index in [1.807, 2.05) is 0 Å². The molecule has 0 aliphatic rings. The van der Waals surface area contributed by atoms with Crippen molar-refractivity contribution in [3.8, 4) is 0 Å². The quantitative estimate of drug-likeness (QED) is 0.526. The fourth-order valence-corrected chi connectivity index (χ4v) is 1.69. The summed E-state index contributed by atoms with van der Waals surface area (Å²) in [5, 5.41) is 19.3. The predicted molar refractivity (Wildman–Crippen MR) is 51.2 cm³/mol. The van der Waals surface area contributed by atoms with Crippen LogP contribution in [0.25, 0.3) is 0 Å². The Morgan fingerprint density at radius 1 is 1.54 bits per heavy atom. The number of rotatable bonds is 4. The van der Waals surface area contributed by atoms with Gasteiger partial charge < -0.3 is 21.7 Å². The third kappa shape index (κ3) is 2.63. The van der Waals surface area contributed by atoms with Gasteiger partial charge in [-0.1, -0.05) is 11.3 Å². The fourth-order valence-electron chi connectivity index (χ4n) is 0.956. The standard InChI is InChI=1S/C7H13N3O2S/c8-2-1-4(11)6(12)5-3-10-7(9)13-5/h3-4,6,11-12H,1-2,8H2,(H2,9,10). The number of aromatic nitrogens is 1. The van der Waals surface area contributed by atoms with Gasteiger partial charge in [0.05, 0.1) is 11.0 Å². The van der Waals surface area contributed by atoms with Gasteiger partial charge in [0.2, 0.25) is 0 Å². The van der Waals surface area contributed by atoms with Gasteiger partial charge in [0.15, 0.2) is 5.13 Å². The van der Waals surface area contributed by atoms with Crippen LogP contribution in [0, 0.1) is 0 Å². The SMILES string of the molecule is NCCC(O)C(O)c1cnc(N)s1. The van der Waals surface area contributed by atoms with Crippen LogP contribution < -0.4 is 11.5 Å². The van der Waals surface area contributed by atoms with Crippen LogP contribution in [0.2, 0.25) is 0 Å². The summed E-state index contributed by atoms with van der Waals surface area (Å²) in [6, 6.07) is 0. The number of aliphatic hydroxyl groups excluding tert-OH is 2. The normalized spacial score (nSPS) is 15.6. The maximum Gasteiger partial charge on any atom is 0.180 e. The molecule has 0 aliphatic carbocycles. The molecule has 74 valence electrons. The van der Waals surface area contributed by atoms with Crippen molar-refractivity contribution >= 4 is 16.5 Å². The van der Waals surface area contributed by atoms with Crippen LogP contribution >= 0.6 is 11.3 Å². The third-order valence-electron chi connectivity index (χ3n) is 1.66. The molecule has 1 heterocycles. The van der Waals surface area contributed by atoms with E-state index in [9.17, 15) is 10.2 Å². The molecule has 6 N–H and O–H groups in total. The van der Waals surface area contributed by atoms with Gasteiger partial charge in [0.1, 0.15) is 6.10 Å². The number of nitrogens with two attached hydrogens (primary N) is 2. The minimum Gasteiger partial charge on any atom is -0.390 e. The summed E-state index contributed by atoms with van der Waals surface area (Å²) in [6.07, 6.45) is 0.0480. The van der Waals surface area contributed by atoms with Crippen LogP contribution in [-0.4, -0.2) is 27.8 Å². The lowest BCUT2D eigenvalue weighted by molar-refractivity contribution is 0.0170. The highest BCUT2D eigenvalue weighted by Crippen LogP contribution is 2.25. The van der Waals surface area contributed by atoms with E-state index >= 15 is 0 Å². The van der Waals surface area contributed by atoms with Crippen molar-refractivity contribution in [3.05, 3.63) is 11.1 Å². The van der Waals surface area contributed by atoms with E-state index in [0.717, 1.165) is 0 Å². The summed E-state index contributed by atoms with van der Waals surface area (Å²) in [5.74, 6) is 0. The Morgan fingerprint density at radius 2 is 2.23 bits per heavy atom. The summed E-state index contributed by atoms with van der Waals surface area (Å²) in [6.45, 7) is 0.340. The molecule has 0 spiro atoms. The first-order valence-corrected chi connectivity index (χ1v) is 4.74. The summed E-state index contributed by atoms with van der Waals surface area (Å²) in [7, 11) is 0. The number of hydrogen-bond donors (Lipinski definition) is 4. The molecule has 13 heavy (non-hydrogen) atoms. The molecule has 1 rings (SSSR count). The van der Waals surface area contributed by atoms with E-state index < -0.39 is 12.2 Å². The second-order valence-corrected chi connectivity index (χ2v) is 3.78. The molecule has 0 amide bonds. The lowest BCUT2D eigenvalue weighted by Gasteiger charge is -2.14. The highest BCUT2D eigenvalue weighted by molar-refractivity contribution is 7.15. The van der Waals surface area contributed by atoms with Crippen LogP contribution in [0.4, 0.5) is 5.13 Å². The Labute approximate surface area is 80.0 Å². The minimum absolute atomic E-state index is 0.340. The largest absolute Gasteiger partial charge is 0.390 e. The van der Waals surface area contributed by atoms with Gasteiger partial charge >= 0.3 is 0 Å². The molecular weight excluding hydrogens is 190 g/mol. The Balaban J connectivity index is 2.61. The molecule has 2 atom stereocenters. The number of hydrogen-bond acceptors (Lipinski definition) is 6. The van der Waals surface area contributed by atoms with E-state index in [0.29, 0.717) is 23.0 Å². The molecule has 0 saturated carbocycles. The monoisotopic (exact) mass is 203 g/mol. The molecule has 0 aliphatic heterocycles. The number of nitrogen functional groups attached to an aromatic ring is 1. The number of nitrogens with zero attached hydrogens (tertiary/aromatic N) is 1. The number of anilines is 1. The van der Waals surface area contributed by atoms with Crippen molar-refractivity contribution in [2.75, 3.05) is 12.3 Å². The van der Waals surface area contributed by atoms with Crippen LogP contribution in [0.15, 0.2) is 6.20 Å². The van der Waals surface area contributed by atoms with E-state index in [2.05, 4.69) is 4.98 Å². The van der Waals surface area contributed by atoms with Crippen LogP contribution in [0.3, 0.4) is 0 Å². The summed E-state index contributed by atoms with van der Waals surface area (Å²) in [5.41, 5.74) is 10.6. The molecule has 0 aromatic carbocycles.